The zero-order chi connectivity index (χ0) is 13.1. The molecule has 0 radical (unpaired) electrons. The Morgan fingerprint density at radius 1 is 1.44 bits per heavy atom. The molecule has 3 atom stereocenters. The van der Waals surface area contributed by atoms with Crippen LogP contribution in [0, 0.1) is 11.8 Å². The molecule has 4 heteroatoms. The first-order chi connectivity index (χ1) is 8.56. The quantitative estimate of drug-likeness (QED) is 0.893. The number of rotatable bonds is 2. The van der Waals surface area contributed by atoms with Gasteiger partial charge in [-0.3, -0.25) is 9.78 Å². The zero-order valence-electron chi connectivity index (χ0n) is 10.8. The van der Waals surface area contributed by atoms with Crippen LogP contribution < -0.4 is 5.32 Å². The second-order valence-electron chi connectivity index (χ2n) is 5.33. The third kappa shape index (κ3) is 3.22. The lowest BCUT2D eigenvalue weighted by molar-refractivity contribution is 0.0894. The number of carbonyl (C=O) groups excluding carboxylic acids is 1. The molecule has 1 aromatic rings. The summed E-state index contributed by atoms with van der Waals surface area (Å²) in [5.74, 6) is 1.17. The second kappa shape index (κ2) is 5.70. The van der Waals surface area contributed by atoms with Gasteiger partial charge in [0, 0.05) is 17.3 Å². The number of nitrogens with one attached hydrogen (secondary N) is 1. The van der Waals surface area contributed by atoms with Crippen molar-refractivity contribution in [2.75, 3.05) is 0 Å². The van der Waals surface area contributed by atoms with Gasteiger partial charge in [0.1, 0.15) is 5.69 Å². The van der Waals surface area contributed by atoms with Crippen LogP contribution in [0.25, 0.3) is 0 Å². The Morgan fingerprint density at radius 2 is 2.22 bits per heavy atom. The highest BCUT2D eigenvalue weighted by molar-refractivity contribution is 6.30. The van der Waals surface area contributed by atoms with Crippen LogP contribution in [0.3, 0.4) is 0 Å². The Morgan fingerprint density at radius 3 is 2.89 bits per heavy atom. The summed E-state index contributed by atoms with van der Waals surface area (Å²) in [4.78, 5) is 16.1. The molecule has 1 amide bonds. The minimum absolute atomic E-state index is 0.121. The van der Waals surface area contributed by atoms with Crippen molar-refractivity contribution in [1.29, 1.82) is 0 Å². The summed E-state index contributed by atoms with van der Waals surface area (Å²) >= 11 is 5.86. The first-order valence-corrected chi connectivity index (χ1v) is 6.86. The third-order valence-corrected chi connectivity index (χ3v) is 3.94. The maximum absolute atomic E-state index is 12.1. The number of hydrogen-bond acceptors (Lipinski definition) is 2. The molecule has 0 aliphatic heterocycles. The summed E-state index contributed by atoms with van der Waals surface area (Å²) in [5, 5.41) is 3.61. The Balaban J connectivity index is 1.99. The summed E-state index contributed by atoms with van der Waals surface area (Å²) in [6, 6.07) is 3.53. The summed E-state index contributed by atoms with van der Waals surface area (Å²) in [6.45, 7) is 4.47. The van der Waals surface area contributed by atoms with Crippen LogP contribution in [0.1, 0.15) is 43.6 Å². The molecule has 0 aromatic carbocycles. The summed E-state index contributed by atoms with van der Waals surface area (Å²) in [6.07, 6.45) is 4.96. The predicted molar refractivity (Wildman–Crippen MR) is 72.7 cm³/mol. The van der Waals surface area contributed by atoms with Crippen LogP contribution >= 0.6 is 11.6 Å². The lowest BCUT2D eigenvalue weighted by Crippen LogP contribution is -2.42. The van der Waals surface area contributed by atoms with Gasteiger partial charge in [-0.15, -0.1) is 0 Å². The van der Waals surface area contributed by atoms with Gasteiger partial charge in [0.25, 0.3) is 5.91 Å². The zero-order valence-corrected chi connectivity index (χ0v) is 11.6. The summed E-state index contributed by atoms with van der Waals surface area (Å²) < 4.78 is 0. The highest BCUT2D eigenvalue weighted by atomic mass is 35.5. The van der Waals surface area contributed by atoms with Crippen LogP contribution in [0.15, 0.2) is 18.3 Å². The van der Waals surface area contributed by atoms with Crippen molar-refractivity contribution in [2.24, 2.45) is 11.8 Å². The van der Waals surface area contributed by atoms with Gasteiger partial charge in [0.05, 0.1) is 0 Å². The molecule has 3 nitrogen and oxygen atoms in total. The average Bonchev–Trinajstić information content (AvgIpc) is 2.32. The topological polar surface area (TPSA) is 42.0 Å². The van der Waals surface area contributed by atoms with Crippen molar-refractivity contribution in [3.63, 3.8) is 0 Å². The normalized spacial score (nSPS) is 27.8. The predicted octanol–water partition coefficient (Wildman–Crippen LogP) is 3.29. The van der Waals surface area contributed by atoms with Crippen molar-refractivity contribution >= 4 is 17.5 Å². The van der Waals surface area contributed by atoms with E-state index in [0.717, 1.165) is 12.3 Å². The standard InChI is InChI=1S/C14H19ClN2O/c1-9-3-4-12(10(2)7-9)17-14(18)13-8-11(15)5-6-16-13/h5-6,8-10,12H,3-4,7H2,1-2H3,(H,17,18). The fourth-order valence-electron chi connectivity index (χ4n) is 2.65. The number of carbonyl (C=O) groups is 1. The molecule has 1 aliphatic carbocycles. The molecule has 18 heavy (non-hydrogen) atoms. The van der Waals surface area contributed by atoms with E-state index in [9.17, 15) is 4.79 Å². The van der Waals surface area contributed by atoms with Gasteiger partial charge in [-0.25, -0.2) is 0 Å². The van der Waals surface area contributed by atoms with E-state index in [1.54, 1.807) is 18.3 Å². The lowest BCUT2D eigenvalue weighted by atomic mass is 9.80. The third-order valence-electron chi connectivity index (χ3n) is 3.70. The molecule has 1 N–H and O–H groups in total. The number of amides is 1. The van der Waals surface area contributed by atoms with Crippen LogP contribution in [0.2, 0.25) is 5.02 Å². The number of halogens is 1. The summed E-state index contributed by atoms with van der Waals surface area (Å²) in [5.41, 5.74) is 0.397. The van der Waals surface area contributed by atoms with E-state index in [1.165, 1.54) is 12.8 Å². The van der Waals surface area contributed by atoms with Crippen LogP contribution in [0.5, 0.6) is 0 Å². The van der Waals surface area contributed by atoms with Crippen molar-refractivity contribution in [3.05, 3.63) is 29.0 Å². The highest BCUT2D eigenvalue weighted by Gasteiger charge is 2.26. The Kier molecular flexibility index (Phi) is 4.23. The average molecular weight is 267 g/mol. The first kappa shape index (κ1) is 13.3. The fraction of sp³-hybridized carbons (Fsp3) is 0.571. The Labute approximate surface area is 113 Å². The minimum atomic E-state index is -0.121. The van der Waals surface area contributed by atoms with E-state index >= 15 is 0 Å². The first-order valence-electron chi connectivity index (χ1n) is 6.48. The highest BCUT2D eigenvalue weighted by Crippen LogP contribution is 2.28. The monoisotopic (exact) mass is 266 g/mol. The minimum Gasteiger partial charge on any atom is -0.348 e. The lowest BCUT2D eigenvalue weighted by Gasteiger charge is -2.33. The smallest absolute Gasteiger partial charge is 0.270 e. The van der Waals surface area contributed by atoms with E-state index < -0.39 is 0 Å². The van der Waals surface area contributed by atoms with Crippen LogP contribution in [0.4, 0.5) is 0 Å². The van der Waals surface area contributed by atoms with Crippen molar-refractivity contribution in [3.8, 4) is 0 Å². The van der Waals surface area contributed by atoms with E-state index in [0.29, 0.717) is 16.6 Å². The van der Waals surface area contributed by atoms with Crippen molar-refractivity contribution in [2.45, 2.75) is 39.2 Å². The molecular formula is C14H19ClN2O. The largest absolute Gasteiger partial charge is 0.348 e. The van der Waals surface area contributed by atoms with Crippen molar-refractivity contribution < 1.29 is 4.79 Å². The maximum atomic E-state index is 12.1. The molecule has 1 aromatic heterocycles. The van der Waals surface area contributed by atoms with Gasteiger partial charge >= 0.3 is 0 Å². The molecule has 98 valence electrons. The van der Waals surface area contributed by atoms with E-state index in [2.05, 4.69) is 24.1 Å². The molecule has 3 unspecified atom stereocenters. The molecule has 0 bridgehead atoms. The van der Waals surface area contributed by atoms with Gasteiger partial charge in [-0.1, -0.05) is 25.4 Å². The SMILES string of the molecule is CC1CCC(NC(=O)c2cc(Cl)ccn2)C(C)C1. The molecule has 0 saturated heterocycles. The Hall–Kier alpha value is -1.09. The van der Waals surface area contributed by atoms with E-state index in [4.69, 9.17) is 11.6 Å². The summed E-state index contributed by atoms with van der Waals surface area (Å²) in [7, 11) is 0. The van der Waals surface area contributed by atoms with Crippen LogP contribution in [-0.4, -0.2) is 16.9 Å². The van der Waals surface area contributed by atoms with Crippen LogP contribution in [-0.2, 0) is 0 Å². The Bertz CT molecular complexity index is 436. The molecule has 0 spiro atoms. The van der Waals surface area contributed by atoms with Gasteiger partial charge in [-0.2, -0.15) is 0 Å². The number of nitrogens with zero attached hydrogens (tertiary/aromatic N) is 1. The number of hydrogen-bond donors (Lipinski definition) is 1. The van der Waals surface area contributed by atoms with Gasteiger partial charge in [0.15, 0.2) is 0 Å². The molecule has 2 rings (SSSR count). The number of pyridine rings is 1. The molecule has 1 saturated carbocycles. The number of aromatic nitrogens is 1. The molecule has 1 heterocycles. The van der Waals surface area contributed by atoms with Gasteiger partial charge in [-0.05, 0) is 43.2 Å². The van der Waals surface area contributed by atoms with Crippen molar-refractivity contribution in [1.82, 2.24) is 10.3 Å². The van der Waals surface area contributed by atoms with Gasteiger partial charge in [0.2, 0.25) is 0 Å². The molecular weight excluding hydrogens is 248 g/mol. The fourth-order valence-corrected chi connectivity index (χ4v) is 2.81. The molecule has 1 aliphatic rings. The second-order valence-corrected chi connectivity index (χ2v) is 5.77. The molecule has 1 fully saturated rings. The van der Waals surface area contributed by atoms with E-state index in [1.807, 2.05) is 0 Å². The van der Waals surface area contributed by atoms with Gasteiger partial charge < -0.3 is 5.32 Å². The van der Waals surface area contributed by atoms with E-state index in [-0.39, 0.29) is 11.9 Å². The maximum Gasteiger partial charge on any atom is 0.270 e.